The van der Waals surface area contributed by atoms with E-state index in [0.717, 1.165) is 32.0 Å². The van der Waals surface area contributed by atoms with Gasteiger partial charge < -0.3 is 20.4 Å². The van der Waals surface area contributed by atoms with Gasteiger partial charge in [-0.05, 0) is 45.7 Å². The van der Waals surface area contributed by atoms with Crippen LogP contribution in [0.25, 0.3) is 0 Å². The van der Waals surface area contributed by atoms with Crippen LogP contribution in [0.15, 0.2) is 4.99 Å². The van der Waals surface area contributed by atoms with Crippen LogP contribution in [0.2, 0.25) is 0 Å². The van der Waals surface area contributed by atoms with E-state index in [1.165, 1.54) is 58.4 Å². The van der Waals surface area contributed by atoms with Gasteiger partial charge in [-0.1, -0.05) is 0 Å². The number of piperidine rings is 1. The van der Waals surface area contributed by atoms with Gasteiger partial charge in [-0.3, -0.25) is 4.99 Å². The van der Waals surface area contributed by atoms with Crippen LogP contribution in [0, 0.1) is 0 Å². The zero-order chi connectivity index (χ0) is 14.2. The smallest absolute Gasteiger partial charge is 0.191 e. The maximum atomic E-state index is 6.05. The standard InChI is InChI=1S/C15H31N5.HI/c1-18-11-13-19(14-12-18)8-6-3-7-17-15(16)20-9-4-2-5-10-20;/h2-14H2,1H3,(H2,16,17);1H. The average Bonchev–Trinajstić information content (AvgIpc) is 2.49. The van der Waals surface area contributed by atoms with Crippen molar-refractivity contribution in [1.29, 1.82) is 0 Å². The van der Waals surface area contributed by atoms with Crippen LogP contribution < -0.4 is 5.73 Å². The molecule has 0 bridgehead atoms. The van der Waals surface area contributed by atoms with E-state index in [2.05, 4.69) is 26.7 Å². The Kier molecular flexibility index (Phi) is 9.59. The van der Waals surface area contributed by atoms with Crippen LogP contribution in [0.4, 0.5) is 0 Å². The number of likely N-dealkylation sites (tertiary alicyclic amines) is 1. The first-order chi connectivity index (χ1) is 9.75. The van der Waals surface area contributed by atoms with Gasteiger partial charge in [-0.15, -0.1) is 24.0 Å². The summed E-state index contributed by atoms with van der Waals surface area (Å²) in [7, 11) is 2.20. The molecule has 2 fully saturated rings. The Hall–Kier alpha value is -0.0800. The van der Waals surface area contributed by atoms with Crippen molar-refractivity contribution in [2.45, 2.75) is 32.1 Å². The Labute approximate surface area is 146 Å². The lowest BCUT2D eigenvalue weighted by molar-refractivity contribution is 0.152. The zero-order valence-electron chi connectivity index (χ0n) is 13.5. The molecule has 2 saturated heterocycles. The van der Waals surface area contributed by atoms with Crippen molar-refractivity contribution < 1.29 is 0 Å². The molecule has 0 aromatic rings. The minimum absolute atomic E-state index is 0. The number of nitrogens with zero attached hydrogens (tertiary/aromatic N) is 4. The predicted molar refractivity (Wildman–Crippen MR) is 100 cm³/mol. The number of unbranched alkanes of at least 4 members (excludes halogenated alkanes) is 1. The van der Waals surface area contributed by atoms with Crippen molar-refractivity contribution >= 4 is 29.9 Å². The number of halogens is 1. The van der Waals surface area contributed by atoms with E-state index in [1.54, 1.807) is 0 Å². The Morgan fingerprint density at radius 2 is 1.62 bits per heavy atom. The topological polar surface area (TPSA) is 48.1 Å². The maximum Gasteiger partial charge on any atom is 0.191 e. The Morgan fingerprint density at radius 3 is 2.29 bits per heavy atom. The van der Waals surface area contributed by atoms with Gasteiger partial charge in [0.2, 0.25) is 0 Å². The lowest BCUT2D eigenvalue weighted by atomic mass is 10.1. The van der Waals surface area contributed by atoms with Crippen LogP contribution in [-0.2, 0) is 0 Å². The van der Waals surface area contributed by atoms with Crippen LogP contribution in [0.3, 0.4) is 0 Å². The van der Waals surface area contributed by atoms with Crippen molar-refractivity contribution in [2.24, 2.45) is 10.7 Å². The predicted octanol–water partition coefficient (Wildman–Crippen LogP) is 1.43. The van der Waals surface area contributed by atoms with Gasteiger partial charge in [-0.25, -0.2) is 0 Å². The monoisotopic (exact) mass is 409 g/mol. The molecule has 0 aromatic heterocycles. The number of aliphatic imine (C=N–C) groups is 1. The fourth-order valence-electron chi connectivity index (χ4n) is 2.94. The highest BCUT2D eigenvalue weighted by atomic mass is 127. The third-order valence-corrected chi connectivity index (χ3v) is 4.43. The Bertz CT molecular complexity index is 296. The van der Waals surface area contributed by atoms with E-state index < -0.39 is 0 Å². The minimum Gasteiger partial charge on any atom is -0.370 e. The van der Waals surface area contributed by atoms with Gasteiger partial charge in [-0.2, -0.15) is 0 Å². The first kappa shape index (κ1) is 19.0. The number of piperazine rings is 1. The highest BCUT2D eigenvalue weighted by molar-refractivity contribution is 14.0. The summed E-state index contributed by atoms with van der Waals surface area (Å²) in [5, 5.41) is 0. The van der Waals surface area contributed by atoms with Crippen molar-refractivity contribution in [3.05, 3.63) is 0 Å². The second kappa shape index (κ2) is 10.6. The fourth-order valence-corrected chi connectivity index (χ4v) is 2.94. The number of nitrogens with two attached hydrogens (primary N) is 1. The lowest BCUT2D eigenvalue weighted by Crippen LogP contribution is -2.44. The molecule has 0 unspecified atom stereocenters. The molecule has 2 aliphatic rings. The summed E-state index contributed by atoms with van der Waals surface area (Å²) >= 11 is 0. The molecule has 6 heteroatoms. The molecular weight excluding hydrogens is 377 g/mol. The molecule has 0 saturated carbocycles. The second-order valence-corrected chi connectivity index (χ2v) is 6.14. The van der Waals surface area contributed by atoms with Crippen molar-refractivity contribution in [3.63, 3.8) is 0 Å². The van der Waals surface area contributed by atoms with Crippen molar-refractivity contribution in [2.75, 3.05) is 59.4 Å². The number of hydrogen-bond acceptors (Lipinski definition) is 3. The van der Waals surface area contributed by atoms with Crippen LogP contribution >= 0.6 is 24.0 Å². The van der Waals surface area contributed by atoms with Gasteiger partial charge in [0.15, 0.2) is 5.96 Å². The van der Waals surface area contributed by atoms with E-state index in [4.69, 9.17) is 5.73 Å². The summed E-state index contributed by atoms with van der Waals surface area (Å²) in [5.74, 6) is 0.768. The number of hydrogen-bond donors (Lipinski definition) is 1. The summed E-state index contributed by atoms with van der Waals surface area (Å²) in [6.45, 7) is 9.14. The van der Waals surface area contributed by atoms with Gasteiger partial charge in [0.05, 0.1) is 0 Å². The van der Waals surface area contributed by atoms with Crippen LogP contribution in [-0.4, -0.2) is 80.1 Å². The molecule has 124 valence electrons. The van der Waals surface area contributed by atoms with Gasteiger partial charge in [0, 0.05) is 45.8 Å². The number of guanidine groups is 1. The molecule has 2 aliphatic heterocycles. The molecule has 0 atom stereocenters. The molecule has 2 rings (SSSR count). The van der Waals surface area contributed by atoms with E-state index in [1.807, 2.05) is 0 Å². The van der Waals surface area contributed by atoms with E-state index in [0.29, 0.717) is 0 Å². The number of likely N-dealkylation sites (N-methyl/N-ethyl adjacent to an activating group) is 1. The largest absolute Gasteiger partial charge is 0.370 e. The molecule has 21 heavy (non-hydrogen) atoms. The van der Waals surface area contributed by atoms with Crippen molar-refractivity contribution in [1.82, 2.24) is 14.7 Å². The highest BCUT2D eigenvalue weighted by Gasteiger charge is 2.13. The average molecular weight is 409 g/mol. The van der Waals surface area contributed by atoms with E-state index >= 15 is 0 Å². The summed E-state index contributed by atoms with van der Waals surface area (Å²) < 4.78 is 0. The Balaban J connectivity index is 0.00000220. The van der Waals surface area contributed by atoms with Crippen LogP contribution in [0.1, 0.15) is 32.1 Å². The molecular formula is C15H32IN5. The first-order valence-corrected chi connectivity index (χ1v) is 8.21. The highest BCUT2D eigenvalue weighted by Crippen LogP contribution is 2.08. The van der Waals surface area contributed by atoms with Crippen LogP contribution in [0.5, 0.6) is 0 Å². The minimum atomic E-state index is 0. The third-order valence-electron chi connectivity index (χ3n) is 4.43. The van der Waals surface area contributed by atoms with E-state index in [-0.39, 0.29) is 24.0 Å². The molecule has 0 aromatic carbocycles. The molecule has 0 spiro atoms. The molecule has 2 N–H and O–H groups in total. The van der Waals surface area contributed by atoms with Crippen molar-refractivity contribution in [3.8, 4) is 0 Å². The van der Waals surface area contributed by atoms with E-state index in [9.17, 15) is 0 Å². The second-order valence-electron chi connectivity index (χ2n) is 6.14. The molecule has 0 amide bonds. The normalized spacial score (nSPS) is 22.1. The quantitative estimate of drug-likeness (QED) is 0.323. The fraction of sp³-hybridized carbons (Fsp3) is 0.933. The third kappa shape index (κ3) is 7.15. The maximum absolute atomic E-state index is 6.05. The summed E-state index contributed by atoms with van der Waals surface area (Å²) in [6.07, 6.45) is 6.26. The summed E-state index contributed by atoms with van der Waals surface area (Å²) in [6, 6.07) is 0. The molecule has 2 heterocycles. The molecule has 0 radical (unpaired) electrons. The number of rotatable bonds is 5. The first-order valence-electron chi connectivity index (χ1n) is 8.21. The lowest BCUT2D eigenvalue weighted by Gasteiger charge is -2.32. The summed E-state index contributed by atoms with van der Waals surface area (Å²) in [4.78, 5) is 11.7. The van der Waals surface area contributed by atoms with Gasteiger partial charge in [0.25, 0.3) is 0 Å². The molecule has 5 nitrogen and oxygen atoms in total. The zero-order valence-corrected chi connectivity index (χ0v) is 15.8. The van der Waals surface area contributed by atoms with Gasteiger partial charge in [0.1, 0.15) is 0 Å². The molecule has 0 aliphatic carbocycles. The summed E-state index contributed by atoms with van der Waals surface area (Å²) in [5.41, 5.74) is 6.05. The Morgan fingerprint density at radius 1 is 0.952 bits per heavy atom. The van der Waals surface area contributed by atoms with Gasteiger partial charge >= 0.3 is 0 Å². The SMILES string of the molecule is CN1CCN(CCCCN=C(N)N2CCCCC2)CC1.I.